The third kappa shape index (κ3) is 3.94. The molecule has 0 saturated heterocycles. The molecule has 0 aliphatic rings. The highest BCUT2D eigenvalue weighted by Gasteiger charge is 2.16. The van der Waals surface area contributed by atoms with E-state index in [1.807, 2.05) is 51.0 Å². The lowest BCUT2D eigenvalue weighted by atomic mass is 10.1. The van der Waals surface area contributed by atoms with Crippen LogP contribution in [0.25, 0.3) is 11.0 Å². The Bertz CT molecular complexity index is 1250. The molecule has 3 rings (SSSR count). The van der Waals surface area contributed by atoms with Gasteiger partial charge in [-0.3, -0.25) is 14.4 Å². The number of aromatic nitrogens is 2. The lowest BCUT2D eigenvalue weighted by Crippen LogP contribution is -2.39. The summed E-state index contributed by atoms with van der Waals surface area (Å²) in [5, 5.41) is 2.86. The number of nitrogens with zero attached hydrogens (tertiary/aromatic N) is 3. The Balaban J connectivity index is 1.94. The van der Waals surface area contributed by atoms with Crippen molar-refractivity contribution in [3.05, 3.63) is 62.2 Å². The van der Waals surface area contributed by atoms with Crippen molar-refractivity contribution in [2.24, 2.45) is 14.1 Å². The number of benzene rings is 2. The zero-order valence-corrected chi connectivity index (χ0v) is 18.1. The fourth-order valence-electron chi connectivity index (χ4n) is 3.37. The first-order valence-corrected chi connectivity index (χ1v) is 9.51. The monoisotopic (exact) mass is 410 g/mol. The molecule has 0 unspecified atom stereocenters. The van der Waals surface area contributed by atoms with E-state index in [1.54, 1.807) is 19.2 Å². The molecule has 1 amide bonds. The van der Waals surface area contributed by atoms with Crippen LogP contribution in [0.3, 0.4) is 0 Å². The van der Waals surface area contributed by atoms with Crippen LogP contribution in [-0.4, -0.2) is 35.7 Å². The van der Waals surface area contributed by atoms with Crippen molar-refractivity contribution >= 4 is 28.3 Å². The molecule has 0 aliphatic heterocycles. The molecular formula is C22H26N4O4. The third-order valence-electron chi connectivity index (χ3n) is 5.05. The van der Waals surface area contributed by atoms with Crippen molar-refractivity contribution in [2.45, 2.75) is 13.8 Å². The predicted octanol–water partition coefficient (Wildman–Crippen LogP) is 1.94. The van der Waals surface area contributed by atoms with Gasteiger partial charge in [-0.1, -0.05) is 17.7 Å². The summed E-state index contributed by atoms with van der Waals surface area (Å²) in [5.74, 6) is 0.326. The molecule has 2 aromatic carbocycles. The molecular weight excluding hydrogens is 384 g/mol. The van der Waals surface area contributed by atoms with Gasteiger partial charge in [0.15, 0.2) is 6.61 Å². The van der Waals surface area contributed by atoms with Gasteiger partial charge in [-0.15, -0.1) is 0 Å². The normalized spacial score (nSPS) is 10.9. The van der Waals surface area contributed by atoms with Gasteiger partial charge in [-0.25, -0.2) is 0 Å². The van der Waals surface area contributed by atoms with Crippen molar-refractivity contribution < 1.29 is 9.53 Å². The van der Waals surface area contributed by atoms with E-state index in [0.717, 1.165) is 11.1 Å². The van der Waals surface area contributed by atoms with E-state index < -0.39 is 11.1 Å². The molecule has 1 aromatic heterocycles. The predicted molar refractivity (Wildman–Crippen MR) is 119 cm³/mol. The van der Waals surface area contributed by atoms with Crippen LogP contribution < -0.4 is 26.1 Å². The fourth-order valence-corrected chi connectivity index (χ4v) is 3.37. The van der Waals surface area contributed by atoms with Gasteiger partial charge in [0.25, 0.3) is 5.91 Å². The number of amides is 1. The Hall–Kier alpha value is -3.55. The number of fused-ring (bicyclic) bond motifs is 1. The van der Waals surface area contributed by atoms with Crippen LogP contribution >= 0.6 is 0 Å². The first-order valence-electron chi connectivity index (χ1n) is 9.51. The smallest absolute Gasteiger partial charge is 0.316 e. The number of aryl methyl sites for hydroxylation is 4. The number of anilines is 2. The standard InChI is InChI=1S/C22H26N4O4/c1-13-7-8-19(14(2)9-13)30-12-20(27)23-15-10-17-18(11-16(15)24(3)4)26(6)22(29)21(28)25(17)5/h7-11H,12H2,1-6H3,(H,23,27). The number of nitrogens with one attached hydrogen (secondary N) is 1. The van der Waals surface area contributed by atoms with Crippen molar-refractivity contribution in [2.75, 3.05) is 30.9 Å². The fraction of sp³-hybridized carbons (Fsp3) is 0.318. The molecule has 1 N–H and O–H groups in total. The maximum atomic E-state index is 12.6. The van der Waals surface area contributed by atoms with Crippen LogP contribution in [0.1, 0.15) is 11.1 Å². The summed E-state index contributed by atoms with van der Waals surface area (Å²) in [4.78, 5) is 38.7. The average molecular weight is 410 g/mol. The molecule has 30 heavy (non-hydrogen) atoms. The Kier molecular flexibility index (Phi) is 5.69. The number of rotatable bonds is 5. The van der Waals surface area contributed by atoms with E-state index in [9.17, 15) is 14.4 Å². The summed E-state index contributed by atoms with van der Waals surface area (Å²) < 4.78 is 8.27. The molecule has 0 radical (unpaired) electrons. The highest BCUT2D eigenvalue weighted by molar-refractivity contribution is 5.99. The molecule has 0 bridgehead atoms. The van der Waals surface area contributed by atoms with Gasteiger partial charge in [-0.2, -0.15) is 0 Å². The molecule has 8 nitrogen and oxygen atoms in total. The first-order chi connectivity index (χ1) is 14.1. The molecule has 3 aromatic rings. The van der Waals surface area contributed by atoms with E-state index in [-0.39, 0.29) is 12.5 Å². The molecule has 0 aliphatic carbocycles. The quantitative estimate of drug-likeness (QED) is 0.650. The molecule has 1 heterocycles. The second-order valence-electron chi connectivity index (χ2n) is 7.59. The Morgan fingerprint density at radius 3 is 2.17 bits per heavy atom. The SMILES string of the molecule is Cc1ccc(OCC(=O)Nc2cc3c(cc2N(C)C)n(C)c(=O)c(=O)n3C)c(C)c1. The van der Waals surface area contributed by atoms with Crippen molar-refractivity contribution in [1.82, 2.24) is 9.13 Å². The van der Waals surface area contributed by atoms with Crippen LogP contribution in [0.4, 0.5) is 11.4 Å². The van der Waals surface area contributed by atoms with Crippen LogP contribution in [0, 0.1) is 13.8 Å². The Morgan fingerprint density at radius 2 is 1.60 bits per heavy atom. The van der Waals surface area contributed by atoms with E-state index in [2.05, 4.69) is 5.32 Å². The number of carbonyl (C=O) groups is 1. The zero-order chi connectivity index (χ0) is 22.2. The summed E-state index contributed by atoms with van der Waals surface area (Å²) in [6.07, 6.45) is 0. The maximum Gasteiger partial charge on any atom is 0.316 e. The molecule has 0 saturated carbocycles. The van der Waals surface area contributed by atoms with Crippen molar-refractivity contribution in [3.8, 4) is 5.75 Å². The van der Waals surface area contributed by atoms with Gasteiger partial charge in [-0.05, 0) is 37.6 Å². The van der Waals surface area contributed by atoms with Crippen LogP contribution in [0.2, 0.25) is 0 Å². The highest BCUT2D eigenvalue weighted by Crippen LogP contribution is 2.29. The minimum atomic E-state index is -0.627. The first kappa shape index (κ1) is 21.2. The van der Waals surface area contributed by atoms with Crippen molar-refractivity contribution in [1.29, 1.82) is 0 Å². The maximum absolute atomic E-state index is 12.6. The summed E-state index contributed by atoms with van der Waals surface area (Å²) in [6.45, 7) is 3.77. The van der Waals surface area contributed by atoms with Gasteiger partial charge < -0.3 is 24.1 Å². The van der Waals surface area contributed by atoms with Gasteiger partial charge in [0.1, 0.15) is 5.75 Å². The minimum absolute atomic E-state index is 0.152. The molecule has 0 spiro atoms. The molecule has 8 heteroatoms. The van der Waals surface area contributed by atoms with Crippen LogP contribution in [0.15, 0.2) is 39.9 Å². The molecule has 0 atom stereocenters. The van der Waals surface area contributed by atoms with Crippen LogP contribution in [-0.2, 0) is 18.9 Å². The van der Waals surface area contributed by atoms with E-state index in [0.29, 0.717) is 28.2 Å². The third-order valence-corrected chi connectivity index (χ3v) is 5.05. The Morgan fingerprint density at radius 1 is 1.00 bits per heavy atom. The highest BCUT2D eigenvalue weighted by atomic mass is 16.5. The van der Waals surface area contributed by atoms with Gasteiger partial charge in [0.05, 0.1) is 22.4 Å². The minimum Gasteiger partial charge on any atom is -0.483 e. The van der Waals surface area contributed by atoms with E-state index >= 15 is 0 Å². The lowest BCUT2D eigenvalue weighted by molar-refractivity contribution is -0.118. The van der Waals surface area contributed by atoms with Gasteiger partial charge in [0, 0.05) is 28.2 Å². The number of ether oxygens (including phenoxy) is 1. The Labute approximate surface area is 174 Å². The average Bonchev–Trinajstić information content (AvgIpc) is 2.69. The number of hydrogen-bond donors (Lipinski definition) is 1. The summed E-state index contributed by atoms with van der Waals surface area (Å²) in [5.41, 5.74) is 3.21. The van der Waals surface area contributed by atoms with Crippen molar-refractivity contribution in [3.63, 3.8) is 0 Å². The van der Waals surface area contributed by atoms with Crippen LogP contribution in [0.5, 0.6) is 5.75 Å². The second-order valence-corrected chi connectivity index (χ2v) is 7.59. The van der Waals surface area contributed by atoms with Gasteiger partial charge >= 0.3 is 11.1 Å². The topological polar surface area (TPSA) is 85.6 Å². The lowest BCUT2D eigenvalue weighted by Gasteiger charge is -2.21. The largest absolute Gasteiger partial charge is 0.483 e. The van der Waals surface area contributed by atoms with E-state index in [4.69, 9.17) is 4.74 Å². The number of hydrogen-bond acceptors (Lipinski definition) is 5. The number of carbonyl (C=O) groups excluding carboxylic acids is 1. The summed E-state index contributed by atoms with van der Waals surface area (Å²) in [7, 11) is 6.77. The molecule has 158 valence electrons. The molecule has 0 fully saturated rings. The second kappa shape index (κ2) is 8.06. The van der Waals surface area contributed by atoms with E-state index in [1.165, 1.54) is 16.2 Å². The summed E-state index contributed by atoms with van der Waals surface area (Å²) >= 11 is 0. The van der Waals surface area contributed by atoms with Gasteiger partial charge in [0.2, 0.25) is 0 Å². The summed E-state index contributed by atoms with van der Waals surface area (Å²) in [6, 6.07) is 9.23. The zero-order valence-electron chi connectivity index (χ0n) is 18.1.